The number of nitrogens with two attached hydrogens (primary N) is 1. The minimum absolute atomic E-state index is 0.282. The Morgan fingerprint density at radius 3 is 2.27 bits per heavy atom. The van der Waals surface area contributed by atoms with Crippen LogP contribution in [0.15, 0.2) is 11.0 Å². The molecule has 1 heterocycles. The molecule has 0 amide bonds. The Morgan fingerprint density at radius 2 is 2.00 bits per heavy atom. The maximum atomic E-state index is 12.1. The summed E-state index contributed by atoms with van der Waals surface area (Å²) in [6, 6.07) is 0. The first kappa shape index (κ1) is 13.4. The molecule has 86 valence electrons. The van der Waals surface area contributed by atoms with Crippen LogP contribution in [-0.2, 0) is 0 Å². The Labute approximate surface area is 80.6 Å². The molecular weight excluding hydrogens is 222 g/mol. The summed E-state index contributed by atoms with van der Waals surface area (Å²) in [6.45, 7) is -1.73. The average molecular weight is 229 g/mol. The van der Waals surface area contributed by atoms with Gasteiger partial charge in [-0.1, -0.05) is 0 Å². The van der Waals surface area contributed by atoms with Gasteiger partial charge in [-0.15, -0.1) is 0 Å². The van der Waals surface area contributed by atoms with Crippen LogP contribution in [0, 0.1) is 5.82 Å². The lowest BCUT2D eigenvalue weighted by Gasteiger charge is -1.95. The van der Waals surface area contributed by atoms with E-state index in [1.807, 2.05) is 4.98 Å². The normalized spacial score (nSPS) is 10.5. The van der Waals surface area contributed by atoms with Crippen LogP contribution in [0.4, 0.5) is 23.4 Å². The van der Waals surface area contributed by atoms with Gasteiger partial charge in [0.15, 0.2) is 5.82 Å². The predicted octanol–water partition coefficient (Wildman–Crippen LogP) is 0.0322. The zero-order valence-electron chi connectivity index (χ0n) is 7.18. The summed E-state index contributed by atoms with van der Waals surface area (Å²) in [5.41, 5.74) is 4.31. The van der Waals surface area contributed by atoms with Crippen molar-refractivity contribution in [2.24, 2.45) is 0 Å². The van der Waals surface area contributed by atoms with Gasteiger partial charge in [0.25, 0.3) is 0 Å². The first-order valence-corrected chi connectivity index (χ1v) is 3.44. The topological polar surface area (TPSA) is 92.0 Å². The van der Waals surface area contributed by atoms with Crippen LogP contribution in [0.1, 0.15) is 0 Å². The van der Waals surface area contributed by atoms with Crippen molar-refractivity contribution in [2.45, 2.75) is 6.18 Å². The van der Waals surface area contributed by atoms with Crippen LogP contribution in [-0.4, -0.2) is 27.9 Å². The van der Waals surface area contributed by atoms with E-state index in [0.717, 1.165) is 6.20 Å². The summed E-state index contributed by atoms with van der Waals surface area (Å²) in [4.78, 5) is 15.3. The first-order valence-electron chi connectivity index (χ1n) is 3.44. The van der Waals surface area contributed by atoms with Crippen LogP contribution in [0.3, 0.4) is 0 Å². The third-order valence-electron chi connectivity index (χ3n) is 0.973. The van der Waals surface area contributed by atoms with E-state index in [-0.39, 0.29) is 5.82 Å². The van der Waals surface area contributed by atoms with E-state index < -0.39 is 24.3 Å². The molecule has 0 atom stereocenters. The lowest BCUT2D eigenvalue weighted by Crippen LogP contribution is -2.12. The summed E-state index contributed by atoms with van der Waals surface area (Å²) in [5, 5.41) is 7.28. The predicted molar refractivity (Wildman–Crippen MR) is 42.4 cm³/mol. The Kier molecular flexibility index (Phi) is 4.71. The Balaban J connectivity index is 0.000000288. The van der Waals surface area contributed by atoms with Crippen molar-refractivity contribution >= 4 is 5.82 Å². The maximum absolute atomic E-state index is 12.1. The molecule has 0 saturated carbocycles. The highest BCUT2D eigenvalue weighted by molar-refractivity contribution is 5.25. The van der Waals surface area contributed by atoms with Gasteiger partial charge in [-0.05, 0) is 0 Å². The second-order valence-corrected chi connectivity index (χ2v) is 2.22. The molecule has 4 N–H and O–H groups in total. The van der Waals surface area contributed by atoms with Gasteiger partial charge in [0.2, 0.25) is 0 Å². The number of nitrogens with one attached hydrogen (secondary N) is 1. The summed E-state index contributed by atoms with van der Waals surface area (Å²) in [5.74, 6) is -0.996. The zero-order valence-corrected chi connectivity index (χ0v) is 7.18. The Hall–Kier alpha value is -1.64. The molecule has 1 aromatic heterocycles. The van der Waals surface area contributed by atoms with E-state index in [1.165, 1.54) is 0 Å². The maximum Gasteiger partial charge on any atom is 0.411 e. The van der Waals surface area contributed by atoms with Crippen LogP contribution in [0.5, 0.6) is 0 Å². The quantitative estimate of drug-likeness (QED) is 0.547. The van der Waals surface area contributed by atoms with Crippen molar-refractivity contribution < 1.29 is 22.7 Å². The van der Waals surface area contributed by atoms with E-state index in [4.69, 9.17) is 10.8 Å². The number of halogens is 4. The summed E-state index contributed by atoms with van der Waals surface area (Å²) in [7, 11) is 0. The van der Waals surface area contributed by atoms with Crippen molar-refractivity contribution in [3.63, 3.8) is 0 Å². The van der Waals surface area contributed by atoms with Gasteiger partial charge >= 0.3 is 11.9 Å². The molecule has 15 heavy (non-hydrogen) atoms. The van der Waals surface area contributed by atoms with Crippen LogP contribution in [0.2, 0.25) is 0 Å². The number of aromatic amines is 1. The number of nitrogens with zero attached hydrogens (tertiary/aromatic N) is 1. The van der Waals surface area contributed by atoms with Crippen LogP contribution < -0.4 is 11.4 Å². The summed E-state index contributed by atoms with van der Waals surface area (Å²) >= 11 is 0. The molecule has 0 spiro atoms. The summed E-state index contributed by atoms with van der Waals surface area (Å²) in [6.07, 6.45) is -3.63. The molecule has 0 fully saturated rings. The highest BCUT2D eigenvalue weighted by Gasteiger charge is 2.24. The van der Waals surface area contributed by atoms with E-state index in [2.05, 4.69) is 4.98 Å². The van der Waals surface area contributed by atoms with Crippen LogP contribution in [0.25, 0.3) is 0 Å². The number of rotatable bonds is 0. The molecule has 1 rings (SSSR count). The lowest BCUT2D eigenvalue weighted by atomic mass is 10.6. The highest BCUT2D eigenvalue weighted by atomic mass is 19.4. The first-order chi connectivity index (χ1) is 6.76. The molecule has 0 bridgehead atoms. The number of H-pyrrole nitrogens is 1. The average Bonchev–Trinajstić information content (AvgIpc) is 2.12. The lowest BCUT2D eigenvalue weighted by molar-refractivity contribution is -0.159. The van der Waals surface area contributed by atoms with E-state index >= 15 is 0 Å². The van der Waals surface area contributed by atoms with E-state index in [1.54, 1.807) is 0 Å². The molecule has 9 heteroatoms. The third-order valence-corrected chi connectivity index (χ3v) is 0.973. The number of aliphatic hydroxyl groups excluding tert-OH is 1. The number of hydrogen-bond donors (Lipinski definition) is 3. The van der Waals surface area contributed by atoms with Crippen molar-refractivity contribution in [3.05, 3.63) is 22.5 Å². The number of nitrogen functional groups attached to an aromatic ring is 1. The number of aromatic nitrogens is 2. The second kappa shape index (κ2) is 5.29. The molecular formula is C6H7F4N3O2. The molecule has 0 unspecified atom stereocenters. The molecule has 0 saturated heterocycles. The molecule has 0 aliphatic heterocycles. The molecule has 0 aliphatic carbocycles. The highest BCUT2D eigenvalue weighted by Crippen LogP contribution is 2.11. The van der Waals surface area contributed by atoms with Gasteiger partial charge in [0.05, 0.1) is 6.20 Å². The smallest absolute Gasteiger partial charge is 0.387 e. The molecule has 0 aliphatic rings. The van der Waals surface area contributed by atoms with Gasteiger partial charge in [0, 0.05) is 0 Å². The number of alkyl halides is 3. The minimum Gasteiger partial charge on any atom is -0.387 e. The molecule has 5 nitrogen and oxygen atoms in total. The van der Waals surface area contributed by atoms with Crippen LogP contribution >= 0.6 is 0 Å². The molecule has 0 radical (unpaired) electrons. The Bertz CT molecular complexity index is 362. The fourth-order valence-electron chi connectivity index (χ4n) is 0.392. The van der Waals surface area contributed by atoms with Gasteiger partial charge in [-0.2, -0.15) is 18.2 Å². The third kappa shape index (κ3) is 6.43. The van der Waals surface area contributed by atoms with Crippen molar-refractivity contribution in [3.8, 4) is 0 Å². The van der Waals surface area contributed by atoms with Crippen molar-refractivity contribution in [2.75, 3.05) is 12.3 Å². The summed E-state index contributed by atoms with van der Waals surface area (Å²) < 4.78 is 43.7. The largest absolute Gasteiger partial charge is 0.411 e. The zero-order chi connectivity index (χ0) is 12.1. The number of anilines is 1. The molecule has 1 aromatic rings. The fourth-order valence-corrected chi connectivity index (χ4v) is 0.392. The Morgan fingerprint density at radius 1 is 1.53 bits per heavy atom. The second-order valence-electron chi connectivity index (χ2n) is 2.22. The SMILES string of the molecule is Nc1[nH]c(=O)ncc1F.OCC(F)(F)F. The number of hydrogen-bond acceptors (Lipinski definition) is 4. The van der Waals surface area contributed by atoms with E-state index in [9.17, 15) is 22.4 Å². The standard InChI is InChI=1S/C4H4FN3O.C2H3F3O/c5-2-1-7-4(9)8-3(2)6;3-2(4,5)1-6/h1H,(H3,6,7,8,9);6H,1H2. The minimum atomic E-state index is -4.40. The van der Waals surface area contributed by atoms with Gasteiger partial charge < -0.3 is 10.8 Å². The van der Waals surface area contributed by atoms with Crippen molar-refractivity contribution in [1.29, 1.82) is 0 Å². The van der Waals surface area contributed by atoms with Gasteiger partial charge in [-0.25, -0.2) is 9.18 Å². The molecule has 0 aromatic carbocycles. The van der Waals surface area contributed by atoms with E-state index in [0.29, 0.717) is 0 Å². The monoisotopic (exact) mass is 229 g/mol. The van der Waals surface area contributed by atoms with Crippen molar-refractivity contribution in [1.82, 2.24) is 9.97 Å². The van der Waals surface area contributed by atoms with Gasteiger partial charge in [0.1, 0.15) is 12.4 Å². The number of aliphatic hydroxyl groups is 1. The fraction of sp³-hybridized carbons (Fsp3) is 0.333. The van der Waals surface area contributed by atoms with Gasteiger partial charge in [-0.3, -0.25) is 4.98 Å².